The van der Waals surface area contributed by atoms with Crippen LogP contribution in [0.5, 0.6) is 0 Å². The second-order valence-electron chi connectivity index (χ2n) is 8.46. The highest BCUT2D eigenvalue weighted by molar-refractivity contribution is 5.55. The van der Waals surface area contributed by atoms with Gasteiger partial charge in [0.2, 0.25) is 0 Å². The van der Waals surface area contributed by atoms with Crippen molar-refractivity contribution in [2.24, 2.45) is 0 Å². The Morgan fingerprint density at radius 2 is 1.11 bits per heavy atom. The lowest BCUT2D eigenvalue weighted by atomic mass is 10.1. The van der Waals surface area contributed by atoms with Gasteiger partial charge in [0.05, 0.1) is 18.0 Å². The number of nitrogens with zero attached hydrogens (tertiary/aromatic N) is 2. The summed E-state index contributed by atoms with van der Waals surface area (Å²) in [6.45, 7) is 18.2. The fourth-order valence-electron chi connectivity index (χ4n) is 4.52. The monoisotopic (exact) mass is 610 g/mol. The first-order valence-electron chi connectivity index (χ1n) is 9.99. The summed E-state index contributed by atoms with van der Waals surface area (Å²) in [5.41, 5.74) is 5.56. The first-order chi connectivity index (χ1) is 12.2. The van der Waals surface area contributed by atoms with Crippen molar-refractivity contribution >= 4 is 11.4 Å². The Labute approximate surface area is 205 Å². The van der Waals surface area contributed by atoms with Crippen LogP contribution in [-0.4, -0.2) is 34.2 Å². The minimum absolute atomic E-state index is 0. The Bertz CT molecular complexity index is 672. The molecule has 158 valence electrons. The Morgan fingerprint density at radius 3 is 1.39 bits per heavy atom. The maximum atomic E-state index is 2.45. The molecule has 2 N–H and O–H groups in total. The highest BCUT2D eigenvalue weighted by Crippen LogP contribution is 2.24. The van der Waals surface area contributed by atoms with Gasteiger partial charge in [-0.25, -0.2) is 0 Å². The van der Waals surface area contributed by atoms with E-state index >= 15 is 0 Å². The van der Waals surface area contributed by atoms with Crippen LogP contribution in [0.15, 0.2) is 36.9 Å². The highest BCUT2D eigenvalue weighted by atomic mass is 127. The van der Waals surface area contributed by atoms with Gasteiger partial charge in [0.25, 0.3) is 0 Å². The molecule has 0 saturated carbocycles. The van der Waals surface area contributed by atoms with E-state index in [1.54, 1.807) is 0 Å². The lowest BCUT2D eigenvalue weighted by Gasteiger charge is -2.31. The van der Waals surface area contributed by atoms with Crippen LogP contribution in [0.3, 0.4) is 0 Å². The van der Waals surface area contributed by atoms with Crippen molar-refractivity contribution in [3.05, 3.63) is 48.1 Å². The van der Waals surface area contributed by atoms with Crippen molar-refractivity contribution in [3.8, 4) is 0 Å². The number of nitrogens with one attached hydrogen (secondary N) is 2. The molecule has 3 rings (SSSR count). The average Bonchev–Trinajstić information content (AvgIpc) is 3.12. The summed E-state index contributed by atoms with van der Waals surface area (Å²) in [5, 5.41) is 0. The molecular weight excluding hydrogens is 574 g/mol. The second kappa shape index (κ2) is 10.1. The van der Waals surface area contributed by atoms with E-state index in [4.69, 9.17) is 0 Å². The fourth-order valence-corrected chi connectivity index (χ4v) is 4.52. The SMILES string of the molecule is Cc1cc([NH+]2C=CN(C(C)C)[C@H]2C)c(C)c([NH+]2C=CN(C(C)C)[C@@H]2C)c1.[I-].[I-]. The summed E-state index contributed by atoms with van der Waals surface area (Å²) in [5.74, 6) is 0. The Morgan fingerprint density at radius 1 is 0.750 bits per heavy atom. The van der Waals surface area contributed by atoms with E-state index in [9.17, 15) is 0 Å². The van der Waals surface area contributed by atoms with Crippen LogP contribution in [0.4, 0.5) is 11.4 Å². The lowest BCUT2D eigenvalue weighted by molar-refractivity contribution is -0.814. The minimum atomic E-state index is 0. The Balaban J connectivity index is 0.00000196. The minimum Gasteiger partial charge on any atom is -1.00 e. The quantitative estimate of drug-likeness (QED) is 0.344. The maximum Gasteiger partial charge on any atom is 0.169 e. The summed E-state index contributed by atoms with van der Waals surface area (Å²) in [4.78, 5) is 7.78. The topological polar surface area (TPSA) is 15.4 Å². The number of hydrogen-bond acceptors (Lipinski definition) is 2. The molecule has 4 atom stereocenters. The molecular formula is C22H36I2N4. The molecule has 1 aromatic carbocycles. The lowest BCUT2D eigenvalue weighted by Crippen LogP contribution is -3.08. The van der Waals surface area contributed by atoms with E-state index in [0.717, 1.165) is 0 Å². The molecule has 2 aliphatic heterocycles. The molecule has 0 aromatic heterocycles. The van der Waals surface area contributed by atoms with Crippen molar-refractivity contribution in [3.63, 3.8) is 0 Å². The van der Waals surface area contributed by atoms with Crippen molar-refractivity contribution < 1.29 is 57.8 Å². The van der Waals surface area contributed by atoms with Gasteiger partial charge in [-0.3, -0.25) is 9.80 Å². The Kier molecular flexibility index (Phi) is 9.30. The molecule has 2 heterocycles. The molecule has 4 nitrogen and oxygen atoms in total. The second-order valence-corrected chi connectivity index (χ2v) is 8.46. The van der Waals surface area contributed by atoms with Crippen molar-refractivity contribution in [2.45, 2.75) is 79.8 Å². The van der Waals surface area contributed by atoms with E-state index in [2.05, 4.69) is 102 Å². The molecule has 0 radical (unpaired) electrons. The van der Waals surface area contributed by atoms with Crippen molar-refractivity contribution in [2.75, 3.05) is 0 Å². The predicted octanol–water partition coefficient (Wildman–Crippen LogP) is -3.57. The maximum absolute atomic E-state index is 2.45. The molecule has 0 amide bonds. The standard InChI is InChI=1S/C22H34N4.2HI/c1-15(2)23-9-11-25(19(23)7)21-13-17(5)14-22(18(21)6)26-12-10-24(16(3)4)20(26)8;;/h9-16,19-20H,1-8H3;2*1H/t19-,20+;;. The summed E-state index contributed by atoms with van der Waals surface area (Å²) in [6.07, 6.45) is 10.0. The summed E-state index contributed by atoms with van der Waals surface area (Å²) < 4.78 is 0. The van der Waals surface area contributed by atoms with Crippen LogP contribution >= 0.6 is 0 Å². The number of rotatable bonds is 4. The normalized spacial score (nSPS) is 26.2. The molecule has 0 spiro atoms. The number of halogens is 2. The third-order valence-corrected chi connectivity index (χ3v) is 6.01. The van der Waals surface area contributed by atoms with Gasteiger partial charge in [-0.1, -0.05) is 0 Å². The largest absolute Gasteiger partial charge is 1.00 e. The third kappa shape index (κ3) is 4.70. The molecule has 2 aliphatic rings. The number of benzene rings is 1. The third-order valence-electron chi connectivity index (χ3n) is 6.01. The zero-order valence-corrected chi connectivity index (χ0v) is 22.7. The first-order valence-corrected chi connectivity index (χ1v) is 9.99. The van der Waals surface area contributed by atoms with Gasteiger partial charge in [0, 0.05) is 38.1 Å². The highest BCUT2D eigenvalue weighted by Gasteiger charge is 2.36. The zero-order valence-electron chi connectivity index (χ0n) is 18.4. The smallest absolute Gasteiger partial charge is 0.169 e. The number of aryl methyl sites for hydroxylation is 1. The van der Waals surface area contributed by atoms with Crippen LogP contribution in [0, 0.1) is 13.8 Å². The summed E-state index contributed by atoms with van der Waals surface area (Å²) >= 11 is 0. The van der Waals surface area contributed by atoms with E-state index in [1.165, 1.54) is 32.3 Å². The van der Waals surface area contributed by atoms with Gasteiger partial charge in [0.15, 0.2) is 12.3 Å². The average molecular weight is 610 g/mol. The van der Waals surface area contributed by atoms with Gasteiger partial charge >= 0.3 is 0 Å². The zero-order chi connectivity index (χ0) is 19.2. The molecule has 1 aromatic rings. The number of quaternary nitrogens is 2. The Hall–Kier alpha value is -0.320. The van der Waals surface area contributed by atoms with E-state index in [0.29, 0.717) is 24.4 Å². The van der Waals surface area contributed by atoms with Crippen LogP contribution in [-0.2, 0) is 0 Å². The first kappa shape index (κ1) is 25.7. The fraction of sp³-hybridized carbons (Fsp3) is 0.545. The van der Waals surface area contributed by atoms with Crippen LogP contribution in [0.1, 0.15) is 52.7 Å². The van der Waals surface area contributed by atoms with E-state index in [1.807, 2.05) is 0 Å². The van der Waals surface area contributed by atoms with Gasteiger partial charge in [-0.15, -0.1) is 0 Å². The van der Waals surface area contributed by atoms with Crippen LogP contribution in [0.2, 0.25) is 0 Å². The summed E-state index contributed by atoms with van der Waals surface area (Å²) in [7, 11) is 0. The van der Waals surface area contributed by atoms with Crippen molar-refractivity contribution in [1.29, 1.82) is 0 Å². The molecule has 0 aliphatic carbocycles. The van der Waals surface area contributed by atoms with Gasteiger partial charge in [-0.2, -0.15) is 0 Å². The van der Waals surface area contributed by atoms with E-state index < -0.39 is 0 Å². The van der Waals surface area contributed by atoms with E-state index in [-0.39, 0.29) is 48.0 Å². The van der Waals surface area contributed by atoms with Gasteiger partial charge < -0.3 is 57.8 Å². The van der Waals surface area contributed by atoms with Crippen LogP contribution in [0.25, 0.3) is 0 Å². The van der Waals surface area contributed by atoms with Crippen LogP contribution < -0.4 is 57.8 Å². The molecule has 28 heavy (non-hydrogen) atoms. The molecule has 0 bridgehead atoms. The molecule has 2 unspecified atom stereocenters. The van der Waals surface area contributed by atoms with Gasteiger partial charge in [-0.05, 0) is 47.1 Å². The van der Waals surface area contributed by atoms with Crippen molar-refractivity contribution in [1.82, 2.24) is 9.80 Å². The molecule has 0 fully saturated rings. The summed E-state index contributed by atoms with van der Waals surface area (Å²) in [6, 6.07) is 5.77. The predicted molar refractivity (Wildman–Crippen MR) is 108 cm³/mol. The molecule has 0 saturated heterocycles. The number of hydrogen-bond donors (Lipinski definition) is 2. The van der Waals surface area contributed by atoms with Gasteiger partial charge in [0.1, 0.15) is 23.8 Å². The molecule has 6 heteroatoms.